The van der Waals surface area contributed by atoms with Crippen molar-refractivity contribution in [2.24, 2.45) is 5.92 Å². The summed E-state index contributed by atoms with van der Waals surface area (Å²) in [6.07, 6.45) is 3.77. The minimum Gasteiger partial charge on any atom is -0.497 e. The molecule has 1 aromatic carbocycles. The molecule has 1 heterocycles. The molecule has 2 atom stereocenters. The van der Waals surface area contributed by atoms with Crippen LogP contribution in [0.4, 0.5) is 0 Å². The van der Waals surface area contributed by atoms with Crippen LogP contribution in [0.3, 0.4) is 0 Å². The van der Waals surface area contributed by atoms with Crippen molar-refractivity contribution in [3.8, 4) is 5.75 Å². The van der Waals surface area contributed by atoms with Crippen molar-refractivity contribution in [3.63, 3.8) is 0 Å². The summed E-state index contributed by atoms with van der Waals surface area (Å²) in [5, 5.41) is 0.968. The summed E-state index contributed by atoms with van der Waals surface area (Å²) in [4.78, 5) is 5.44. The molecule has 0 amide bonds. The predicted octanol–water partition coefficient (Wildman–Crippen LogP) is 1.90. The van der Waals surface area contributed by atoms with Crippen molar-refractivity contribution in [1.82, 2.24) is 9.79 Å². The molecule has 1 saturated heterocycles. The molecule has 1 aromatic rings. The van der Waals surface area contributed by atoms with E-state index in [1.54, 1.807) is 19.2 Å². The molecule has 134 valence electrons. The fourth-order valence-corrected chi connectivity index (χ4v) is 4.09. The topological polar surface area (TPSA) is 67.9 Å². The maximum absolute atomic E-state index is 12.5. The molecular weight excluding hydrogens is 328 g/mol. The Kier molecular flexibility index (Phi) is 6.40. The van der Waals surface area contributed by atoms with Crippen LogP contribution >= 0.6 is 0 Å². The van der Waals surface area contributed by atoms with Gasteiger partial charge < -0.3 is 4.74 Å². The molecule has 6 nitrogen and oxygen atoms in total. The molecule has 7 heteroatoms. The fraction of sp³-hybridized carbons (Fsp3) is 0.529. The van der Waals surface area contributed by atoms with E-state index in [-0.39, 0.29) is 18.6 Å². The highest BCUT2D eigenvalue weighted by Gasteiger charge is 2.40. The molecule has 1 fully saturated rings. The monoisotopic (exact) mass is 354 g/mol. The molecule has 1 aliphatic heterocycles. The third kappa shape index (κ3) is 4.80. The molecule has 0 spiro atoms. The van der Waals surface area contributed by atoms with Crippen molar-refractivity contribution in [1.29, 1.82) is 0 Å². The first-order valence-corrected chi connectivity index (χ1v) is 9.54. The van der Waals surface area contributed by atoms with Gasteiger partial charge in [-0.2, -0.15) is 5.06 Å². The Morgan fingerprint density at radius 2 is 2.04 bits per heavy atom. The van der Waals surface area contributed by atoms with Crippen molar-refractivity contribution in [3.05, 3.63) is 35.9 Å². The van der Waals surface area contributed by atoms with E-state index in [1.807, 2.05) is 50.3 Å². The number of benzene rings is 1. The number of nitrogens with one attached hydrogen (secondary N) is 1. The Balaban J connectivity index is 2.12. The minimum absolute atomic E-state index is 0.154. The number of nitrogens with zero attached hydrogens (tertiary/aromatic N) is 1. The Hall–Kier alpha value is -1.41. The molecule has 1 N–H and O–H groups in total. The van der Waals surface area contributed by atoms with E-state index in [0.717, 1.165) is 11.3 Å². The molecule has 2 unspecified atom stereocenters. The van der Waals surface area contributed by atoms with Gasteiger partial charge in [-0.25, -0.2) is 13.1 Å². The van der Waals surface area contributed by atoms with Gasteiger partial charge in [0.15, 0.2) is 0 Å². The van der Waals surface area contributed by atoms with Crippen LogP contribution in [-0.4, -0.2) is 52.1 Å². The molecular formula is C17H26N2O4S. The Labute approximate surface area is 144 Å². The first kappa shape index (κ1) is 18.9. The lowest BCUT2D eigenvalue weighted by Gasteiger charge is -2.20. The average molecular weight is 354 g/mol. The van der Waals surface area contributed by atoms with Crippen molar-refractivity contribution in [2.75, 3.05) is 27.3 Å². The summed E-state index contributed by atoms with van der Waals surface area (Å²) in [6.45, 7) is 4.53. The maximum atomic E-state index is 12.5. The second kappa shape index (κ2) is 8.11. The number of sulfonamides is 1. The zero-order chi connectivity index (χ0) is 17.7. The van der Waals surface area contributed by atoms with Crippen LogP contribution in [-0.2, 0) is 14.9 Å². The van der Waals surface area contributed by atoms with E-state index in [9.17, 15) is 8.42 Å². The van der Waals surface area contributed by atoms with Gasteiger partial charge in [0.05, 0.1) is 19.8 Å². The van der Waals surface area contributed by atoms with Gasteiger partial charge in [0.2, 0.25) is 10.0 Å². The summed E-state index contributed by atoms with van der Waals surface area (Å²) in [5.74, 6) is 1.04. The van der Waals surface area contributed by atoms with Crippen molar-refractivity contribution in [2.45, 2.75) is 25.1 Å². The Bertz CT molecular complexity index is 656. The molecule has 2 rings (SSSR count). The minimum atomic E-state index is -3.44. The van der Waals surface area contributed by atoms with Gasteiger partial charge in [-0.05, 0) is 23.6 Å². The highest BCUT2D eigenvalue weighted by Crippen LogP contribution is 2.22. The Morgan fingerprint density at radius 1 is 1.38 bits per heavy atom. The normalized spacial score (nSPS) is 22.5. The molecule has 1 aliphatic rings. The van der Waals surface area contributed by atoms with E-state index >= 15 is 0 Å². The number of hydrogen-bond donors (Lipinski definition) is 1. The SMILES string of the molecule is COc1ccc(/C=C/C2C(S(=O)(=O)NCC(C)C)CON2C)cc1. The first-order chi connectivity index (χ1) is 11.3. The predicted molar refractivity (Wildman–Crippen MR) is 95.1 cm³/mol. The van der Waals surface area contributed by atoms with Gasteiger partial charge >= 0.3 is 0 Å². The lowest BCUT2D eigenvalue weighted by atomic mass is 10.1. The highest BCUT2D eigenvalue weighted by atomic mass is 32.2. The number of hydroxylamine groups is 2. The van der Waals surface area contributed by atoms with E-state index in [2.05, 4.69) is 4.72 Å². The average Bonchev–Trinajstić information content (AvgIpc) is 2.93. The van der Waals surface area contributed by atoms with Gasteiger partial charge in [-0.15, -0.1) is 0 Å². The molecule has 0 bridgehead atoms. The lowest BCUT2D eigenvalue weighted by Crippen LogP contribution is -2.43. The lowest BCUT2D eigenvalue weighted by molar-refractivity contribution is -0.100. The summed E-state index contributed by atoms with van der Waals surface area (Å²) < 4.78 is 32.9. The summed E-state index contributed by atoms with van der Waals surface area (Å²) in [7, 11) is -0.0688. The standard InChI is InChI=1S/C17H26N2O4S/c1-13(2)11-18-24(20,21)17-12-23-19(3)16(17)10-7-14-5-8-15(22-4)9-6-14/h5-10,13,16-18H,11-12H2,1-4H3/b10-7+. The molecule has 0 saturated carbocycles. The van der Waals surface area contributed by atoms with Crippen molar-refractivity contribution >= 4 is 16.1 Å². The van der Waals surface area contributed by atoms with Gasteiger partial charge in [0.25, 0.3) is 0 Å². The van der Waals surface area contributed by atoms with Crippen LogP contribution in [0.25, 0.3) is 6.08 Å². The number of methoxy groups -OCH3 is 1. The zero-order valence-corrected chi connectivity index (χ0v) is 15.4. The number of rotatable bonds is 7. The third-order valence-electron chi connectivity index (χ3n) is 3.94. The smallest absolute Gasteiger partial charge is 0.218 e. The number of ether oxygens (including phenoxy) is 1. The van der Waals surface area contributed by atoms with E-state index in [1.165, 1.54) is 0 Å². The number of likely N-dealkylation sites (N-methyl/N-ethyl adjacent to an activating group) is 1. The second-order valence-corrected chi connectivity index (χ2v) is 8.27. The van der Waals surface area contributed by atoms with Gasteiger partial charge in [0.1, 0.15) is 11.0 Å². The zero-order valence-electron chi connectivity index (χ0n) is 14.6. The van der Waals surface area contributed by atoms with E-state index in [4.69, 9.17) is 9.57 Å². The highest BCUT2D eigenvalue weighted by molar-refractivity contribution is 7.90. The third-order valence-corrected chi connectivity index (χ3v) is 5.72. The van der Waals surface area contributed by atoms with Crippen LogP contribution in [0.1, 0.15) is 19.4 Å². The largest absolute Gasteiger partial charge is 0.497 e. The van der Waals surface area contributed by atoms with Crippen LogP contribution in [0.2, 0.25) is 0 Å². The first-order valence-electron chi connectivity index (χ1n) is 8.00. The summed E-state index contributed by atoms with van der Waals surface area (Å²) in [6, 6.07) is 7.24. The molecule has 0 aliphatic carbocycles. The van der Waals surface area contributed by atoms with Crippen LogP contribution in [0.15, 0.2) is 30.3 Å². The van der Waals surface area contributed by atoms with Crippen LogP contribution in [0.5, 0.6) is 5.75 Å². The summed E-state index contributed by atoms with van der Waals surface area (Å²) in [5.41, 5.74) is 0.974. The van der Waals surface area contributed by atoms with E-state index < -0.39 is 15.3 Å². The van der Waals surface area contributed by atoms with Gasteiger partial charge in [-0.3, -0.25) is 4.84 Å². The second-order valence-electron chi connectivity index (χ2n) is 6.29. The quantitative estimate of drug-likeness (QED) is 0.810. The number of hydrogen-bond acceptors (Lipinski definition) is 5. The van der Waals surface area contributed by atoms with E-state index in [0.29, 0.717) is 6.54 Å². The molecule has 0 radical (unpaired) electrons. The Morgan fingerprint density at radius 3 is 2.62 bits per heavy atom. The maximum Gasteiger partial charge on any atom is 0.218 e. The van der Waals surface area contributed by atoms with Crippen LogP contribution in [0, 0.1) is 5.92 Å². The summed E-state index contributed by atoms with van der Waals surface area (Å²) >= 11 is 0. The van der Waals surface area contributed by atoms with Gasteiger partial charge in [-0.1, -0.05) is 38.1 Å². The van der Waals surface area contributed by atoms with Crippen LogP contribution < -0.4 is 9.46 Å². The van der Waals surface area contributed by atoms with Crippen molar-refractivity contribution < 1.29 is 18.0 Å². The molecule has 0 aromatic heterocycles. The van der Waals surface area contributed by atoms with Gasteiger partial charge in [0, 0.05) is 13.6 Å². The molecule has 24 heavy (non-hydrogen) atoms. The fourth-order valence-electron chi connectivity index (χ4n) is 2.44.